The van der Waals surface area contributed by atoms with E-state index in [1.165, 1.54) is 0 Å². The van der Waals surface area contributed by atoms with Gasteiger partial charge < -0.3 is 20.3 Å². The minimum absolute atomic E-state index is 0.0313. The second kappa shape index (κ2) is 7.34. The fourth-order valence-corrected chi connectivity index (χ4v) is 1.42. The maximum atomic E-state index is 11.5. The Morgan fingerprint density at radius 3 is 2.79 bits per heavy atom. The van der Waals surface area contributed by atoms with E-state index in [9.17, 15) is 9.59 Å². The van der Waals surface area contributed by atoms with E-state index >= 15 is 0 Å². The topological polar surface area (TPSA) is 117 Å². The molecule has 1 unspecified atom stereocenters. The summed E-state index contributed by atoms with van der Waals surface area (Å²) in [5.74, 6) is 0.153. The zero-order chi connectivity index (χ0) is 14.3. The highest BCUT2D eigenvalue weighted by atomic mass is 16.5. The largest absolute Gasteiger partial charge is 0.481 e. The summed E-state index contributed by atoms with van der Waals surface area (Å²) in [4.78, 5) is 25.8. The van der Waals surface area contributed by atoms with Gasteiger partial charge in [0.2, 0.25) is 5.89 Å². The number of carbonyl (C=O) groups is 2. The molecule has 0 radical (unpaired) electrons. The third-order valence-electron chi connectivity index (χ3n) is 2.37. The Morgan fingerprint density at radius 1 is 1.47 bits per heavy atom. The lowest BCUT2D eigenvalue weighted by atomic mass is 10.2. The van der Waals surface area contributed by atoms with Crippen LogP contribution in [0, 0.1) is 6.92 Å². The zero-order valence-corrected chi connectivity index (χ0v) is 11.0. The van der Waals surface area contributed by atoms with Gasteiger partial charge in [0, 0.05) is 32.4 Å². The molecule has 0 bridgehead atoms. The smallest absolute Gasteiger partial charge is 0.315 e. The summed E-state index contributed by atoms with van der Waals surface area (Å²) < 4.78 is 4.80. The van der Waals surface area contributed by atoms with E-state index in [4.69, 9.17) is 9.63 Å². The van der Waals surface area contributed by atoms with Gasteiger partial charge in [0.15, 0.2) is 5.82 Å². The van der Waals surface area contributed by atoms with Gasteiger partial charge in [-0.05, 0) is 13.3 Å². The number of rotatable bonds is 7. The molecule has 0 spiro atoms. The second-order valence-corrected chi connectivity index (χ2v) is 4.21. The maximum absolute atomic E-state index is 11.5. The molecule has 0 aliphatic carbocycles. The van der Waals surface area contributed by atoms with E-state index in [2.05, 4.69) is 20.8 Å². The molecule has 1 heterocycles. The van der Waals surface area contributed by atoms with E-state index in [-0.39, 0.29) is 18.5 Å². The molecule has 8 heteroatoms. The molecular weight excluding hydrogens is 252 g/mol. The molecule has 1 rings (SSSR count). The number of amides is 2. The number of hydrogen-bond acceptors (Lipinski definition) is 5. The number of hydrogen-bond donors (Lipinski definition) is 3. The van der Waals surface area contributed by atoms with Crippen molar-refractivity contribution in [2.75, 3.05) is 6.54 Å². The van der Waals surface area contributed by atoms with Crippen LogP contribution in [0.4, 0.5) is 4.79 Å². The highest BCUT2D eigenvalue weighted by molar-refractivity contribution is 5.74. The van der Waals surface area contributed by atoms with Gasteiger partial charge in [-0.25, -0.2) is 4.79 Å². The predicted octanol–water partition coefficient (Wildman–Crippen LogP) is 0.473. The summed E-state index contributed by atoms with van der Waals surface area (Å²) in [6, 6.07) is -0.526. The Morgan fingerprint density at radius 2 is 2.21 bits per heavy atom. The standard InChI is InChI=1S/C11H18N4O4/c1-7(3-4-10(16)17)13-11(18)12-6-5-9-14-8(2)19-15-9/h7H,3-6H2,1-2H3,(H,16,17)(H2,12,13,18). The molecule has 0 saturated carbocycles. The van der Waals surface area contributed by atoms with Crippen LogP contribution < -0.4 is 10.6 Å². The molecule has 0 aliphatic heterocycles. The average Bonchev–Trinajstić information content (AvgIpc) is 2.72. The number of aromatic nitrogens is 2. The highest BCUT2D eigenvalue weighted by Gasteiger charge is 2.09. The van der Waals surface area contributed by atoms with Gasteiger partial charge in [-0.2, -0.15) is 4.98 Å². The second-order valence-electron chi connectivity index (χ2n) is 4.21. The van der Waals surface area contributed by atoms with Crippen molar-refractivity contribution in [1.29, 1.82) is 0 Å². The van der Waals surface area contributed by atoms with Crippen LogP contribution in [-0.4, -0.2) is 39.8 Å². The Bertz CT molecular complexity index is 432. The van der Waals surface area contributed by atoms with E-state index < -0.39 is 5.97 Å². The van der Waals surface area contributed by atoms with Crippen molar-refractivity contribution in [3.8, 4) is 0 Å². The monoisotopic (exact) mass is 270 g/mol. The molecule has 19 heavy (non-hydrogen) atoms. The number of urea groups is 1. The van der Waals surface area contributed by atoms with E-state index in [0.29, 0.717) is 31.1 Å². The fraction of sp³-hybridized carbons (Fsp3) is 0.636. The summed E-state index contributed by atoms with van der Waals surface area (Å²) >= 11 is 0. The van der Waals surface area contributed by atoms with Gasteiger partial charge in [0.05, 0.1) is 0 Å². The number of aliphatic carboxylic acids is 1. The zero-order valence-electron chi connectivity index (χ0n) is 11.0. The SMILES string of the molecule is Cc1nc(CCNC(=O)NC(C)CCC(=O)O)no1. The van der Waals surface area contributed by atoms with E-state index in [1.54, 1.807) is 13.8 Å². The van der Waals surface area contributed by atoms with Gasteiger partial charge in [-0.1, -0.05) is 5.16 Å². The molecular formula is C11H18N4O4. The summed E-state index contributed by atoms with van der Waals surface area (Å²) in [6.45, 7) is 3.84. The lowest BCUT2D eigenvalue weighted by Gasteiger charge is -2.13. The third kappa shape index (κ3) is 6.39. The lowest BCUT2D eigenvalue weighted by molar-refractivity contribution is -0.137. The first-order valence-electron chi connectivity index (χ1n) is 6.02. The Balaban J connectivity index is 2.15. The minimum atomic E-state index is -0.874. The first-order valence-corrected chi connectivity index (χ1v) is 6.02. The first-order chi connectivity index (χ1) is 8.97. The highest BCUT2D eigenvalue weighted by Crippen LogP contribution is 1.96. The van der Waals surface area contributed by atoms with Crippen molar-refractivity contribution in [1.82, 2.24) is 20.8 Å². The molecule has 106 valence electrons. The number of carboxylic acids is 1. The number of nitrogens with one attached hydrogen (secondary N) is 2. The van der Waals surface area contributed by atoms with Crippen molar-refractivity contribution in [2.24, 2.45) is 0 Å². The van der Waals surface area contributed by atoms with Crippen LogP contribution in [0.2, 0.25) is 0 Å². The normalized spacial score (nSPS) is 11.9. The molecule has 3 N–H and O–H groups in total. The van der Waals surface area contributed by atoms with Crippen molar-refractivity contribution in [2.45, 2.75) is 39.2 Å². The lowest BCUT2D eigenvalue weighted by Crippen LogP contribution is -2.41. The summed E-state index contributed by atoms with van der Waals surface area (Å²) in [6.07, 6.45) is 0.907. The number of carbonyl (C=O) groups excluding carboxylic acids is 1. The quantitative estimate of drug-likeness (QED) is 0.663. The van der Waals surface area contributed by atoms with Gasteiger partial charge >= 0.3 is 12.0 Å². The average molecular weight is 270 g/mol. The van der Waals surface area contributed by atoms with Crippen molar-refractivity contribution in [3.63, 3.8) is 0 Å². The molecule has 0 aliphatic rings. The van der Waals surface area contributed by atoms with Crippen LogP contribution in [-0.2, 0) is 11.2 Å². The Kier molecular flexibility index (Phi) is 5.77. The van der Waals surface area contributed by atoms with Crippen molar-refractivity contribution < 1.29 is 19.2 Å². The number of aryl methyl sites for hydroxylation is 1. The van der Waals surface area contributed by atoms with Crippen LogP contribution >= 0.6 is 0 Å². The molecule has 1 atom stereocenters. The van der Waals surface area contributed by atoms with Gasteiger partial charge in [0.25, 0.3) is 0 Å². The van der Waals surface area contributed by atoms with Crippen LogP contribution in [0.1, 0.15) is 31.5 Å². The first kappa shape index (κ1) is 14.9. The Labute approximate surface area is 110 Å². The summed E-state index contributed by atoms with van der Waals surface area (Å²) in [7, 11) is 0. The molecule has 8 nitrogen and oxygen atoms in total. The third-order valence-corrected chi connectivity index (χ3v) is 2.37. The van der Waals surface area contributed by atoms with E-state index in [0.717, 1.165) is 0 Å². The minimum Gasteiger partial charge on any atom is -0.481 e. The molecule has 0 saturated heterocycles. The number of carboxylic acid groups (broad SMARTS) is 1. The summed E-state index contributed by atoms with van der Waals surface area (Å²) in [5, 5.41) is 17.5. The van der Waals surface area contributed by atoms with Gasteiger partial charge in [0.1, 0.15) is 0 Å². The van der Waals surface area contributed by atoms with E-state index in [1.807, 2.05) is 0 Å². The van der Waals surface area contributed by atoms with Gasteiger partial charge in [-0.15, -0.1) is 0 Å². The molecule has 0 aromatic carbocycles. The fourth-order valence-electron chi connectivity index (χ4n) is 1.42. The van der Waals surface area contributed by atoms with Crippen LogP contribution in [0.25, 0.3) is 0 Å². The molecule has 0 fully saturated rings. The van der Waals surface area contributed by atoms with Crippen molar-refractivity contribution in [3.05, 3.63) is 11.7 Å². The summed E-state index contributed by atoms with van der Waals surface area (Å²) in [5.41, 5.74) is 0. The maximum Gasteiger partial charge on any atom is 0.315 e. The van der Waals surface area contributed by atoms with Gasteiger partial charge in [-0.3, -0.25) is 4.79 Å². The number of nitrogens with zero attached hydrogens (tertiary/aromatic N) is 2. The Hall–Kier alpha value is -2.12. The molecule has 1 aromatic heterocycles. The molecule has 1 aromatic rings. The molecule has 2 amide bonds. The van der Waals surface area contributed by atoms with Crippen LogP contribution in [0.15, 0.2) is 4.52 Å². The van der Waals surface area contributed by atoms with Crippen molar-refractivity contribution >= 4 is 12.0 Å². The predicted molar refractivity (Wildman–Crippen MR) is 65.6 cm³/mol. The van der Waals surface area contributed by atoms with Crippen LogP contribution in [0.3, 0.4) is 0 Å². The van der Waals surface area contributed by atoms with Crippen LogP contribution in [0.5, 0.6) is 0 Å².